The highest BCUT2D eigenvalue weighted by Crippen LogP contribution is 2.21. The van der Waals surface area contributed by atoms with Gasteiger partial charge in [-0.2, -0.15) is 0 Å². The van der Waals surface area contributed by atoms with Crippen molar-refractivity contribution in [2.45, 2.75) is 4.90 Å². The molecule has 0 aliphatic carbocycles. The van der Waals surface area contributed by atoms with Crippen LogP contribution < -0.4 is 4.74 Å². The van der Waals surface area contributed by atoms with Crippen LogP contribution in [0.15, 0.2) is 29.2 Å². The third kappa shape index (κ3) is 5.09. The number of thioether (sulfide) groups is 1. The van der Waals surface area contributed by atoms with Crippen LogP contribution in [-0.4, -0.2) is 33.3 Å². The lowest BCUT2D eigenvalue weighted by molar-refractivity contribution is 0.414. The molecule has 0 saturated heterocycles. The lowest BCUT2D eigenvalue weighted by atomic mass is 10.3. The van der Waals surface area contributed by atoms with Crippen LogP contribution in [0.3, 0.4) is 0 Å². The fourth-order valence-electron chi connectivity index (χ4n) is 0.983. The summed E-state index contributed by atoms with van der Waals surface area (Å²) in [4.78, 5) is 1.06. The highest BCUT2D eigenvalue weighted by molar-refractivity contribution is 8.00. The van der Waals surface area contributed by atoms with Crippen LogP contribution in [0.25, 0.3) is 0 Å². The Kier molecular flexibility index (Phi) is 4.47. The first-order valence-corrected chi connectivity index (χ1v) is 7.50. The molecule has 0 N–H and O–H groups in total. The van der Waals surface area contributed by atoms with E-state index in [2.05, 4.69) is 0 Å². The van der Waals surface area contributed by atoms with Crippen molar-refractivity contribution in [3.63, 3.8) is 0 Å². The third-order valence-electron chi connectivity index (χ3n) is 1.78. The van der Waals surface area contributed by atoms with Crippen molar-refractivity contribution in [2.75, 3.05) is 24.9 Å². The van der Waals surface area contributed by atoms with E-state index in [4.69, 9.17) is 4.74 Å². The fourth-order valence-corrected chi connectivity index (χ4v) is 3.09. The van der Waals surface area contributed by atoms with E-state index in [-0.39, 0.29) is 5.75 Å². The molecular formula is C10H14O3S2. The van der Waals surface area contributed by atoms with Gasteiger partial charge in [-0.25, -0.2) is 8.42 Å². The van der Waals surface area contributed by atoms with Gasteiger partial charge in [0.25, 0.3) is 0 Å². The van der Waals surface area contributed by atoms with Gasteiger partial charge in [0, 0.05) is 16.9 Å². The molecule has 0 bridgehead atoms. The molecule has 3 nitrogen and oxygen atoms in total. The SMILES string of the molecule is COc1ccc(SCCS(C)(=O)=O)cc1. The summed E-state index contributed by atoms with van der Waals surface area (Å²) in [5.74, 6) is 1.61. The predicted octanol–water partition coefficient (Wildman–Crippen LogP) is 1.83. The molecule has 0 heterocycles. The van der Waals surface area contributed by atoms with Gasteiger partial charge in [-0.15, -0.1) is 11.8 Å². The molecule has 15 heavy (non-hydrogen) atoms. The Morgan fingerprint density at radius 2 is 1.87 bits per heavy atom. The Balaban J connectivity index is 2.45. The Bertz CT molecular complexity index is 395. The second kappa shape index (κ2) is 5.42. The number of benzene rings is 1. The number of hydrogen-bond acceptors (Lipinski definition) is 4. The van der Waals surface area contributed by atoms with Crippen molar-refractivity contribution in [1.29, 1.82) is 0 Å². The van der Waals surface area contributed by atoms with E-state index < -0.39 is 9.84 Å². The van der Waals surface area contributed by atoms with E-state index in [0.29, 0.717) is 5.75 Å². The van der Waals surface area contributed by atoms with E-state index in [9.17, 15) is 8.42 Å². The standard InChI is InChI=1S/C10H14O3S2/c1-13-9-3-5-10(6-4-9)14-7-8-15(2,11)12/h3-6H,7-8H2,1-2H3. The summed E-state index contributed by atoms with van der Waals surface area (Å²) in [7, 11) is -1.24. The van der Waals surface area contributed by atoms with Crippen LogP contribution in [0.5, 0.6) is 5.75 Å². The highest BCUT2D eigenvalue weighted by atomic mass is 32.2. The molecule has 0 aromatic heterocycles. The second-order valence-corrected chi connectivity index (χ2v) is 6.58. The van der Waals surface area contributed by atoms with E-state index in [1.54, 1.807) is 7.11 Å². The zero-order chi connectivity index (χ0) is 11.3. The van der Waals surface area contributed by atoms with Crippen molar-refractivity contribution >= 4 is 21.6 Å². The summed E-state index contributed by atoms with van der Waals surface area (Å²) in [5, 5.41) is 0. The Morgan fingerprint density at radius 3 is 2.33 bits per heavy atom. The molecule has 0 spiro atoms. The molecule has 0 unspecified atom stereocenters. The monoisotopic (exact) mass is 246 g/mol. The molecule has 0 atom stereocenters. The summed E-state index contributed by atoms with van der Waals surface area (Å²) in [6.45, 7) is 0. The minimum absolute atomic E-state index is 0.212. The molecular weight excluding hydrogens is 232 g/mol. The number of sulfone groups is 1. The van der Waals surface area contributed by atoms with Crippen LogP contribution in [0.2, 0.25) is 0 Å². The topological polar surface area (TPSA) is 43.4 Å². The van der Waals surface area contributed by atoms with Crippen molar-refractivity contribution in [1.82, 2.24) is 0 Å². The van der Waals surface area contributed by atoms with Gasteiger partial charge in [-0.3, -0.25) is 0 Å². The van der Waals surface area contributed by atoms with Gasteiger partial charge in [-0.05, 0) is 24.3 Å². The molecule has 0 aliphatic rings. The normalized spacial score (nSPS) is 11.3. The largest absolute Gasteiger partial charge is 0.497 e. The Hall–Kier alpha value is -0.680. The van der Waals surface area contributed by atoms with Crippen LogP contribution in [0.1, 0.15) is 0 Å². The zero-order valence-corrected chi connectivity index (χ0v) is 10.4. The van der Waals surface area contributed by atoms with Crippen molar-refractivity contribution < 1.29 is 13.2 Å². The third-order valence-corrected chi connectivity index (χ3v) is 4.00. The minimum atomic E-state index is -2.85. The number of methoxy groups -OCH3 is 1. The lowest BCUT2D eigenvalue weighted by Crippen LogP contribution is -2.04. The average molecular weight is 246 g/mol. The predicted molar refractivity (Wildman–Crippen MR) is 63.4 cm³/mol. The summed E-state index contributed by atoms with van der Waals surface area (Å²) >= 11 is 1.53. The zero-order valence-electron chi connectivity index (χ0n) is 8.76. The maximum atomic E-state index is 10.9. The van der Waals surface area contributed by atoms with E-state index >= 15 is 0 Å². The van der Waals surface area contributed by atoms with Gasteiger partial charge >= 0.3 is 0 Å². The van der Waals surface area contributed by atoms with Crippen molar-refractivity contribution in [3.8, 4) is 5.75 Å². The van der Waals surface area contributed by atoms with E-state index in [1.165, 1.54) is 18.0 Å². The first-order valence-electron chi connectivity index (χ1n) is 4.46. The Morgan fingerprint density at radius 1 is 1.27 bits per heavy atom. The molecule has 0 saturated carbocycles. The maximum Gasteiger partial charge on any atom is 0.148 e. The molecule has 84 valence electrons. The van der Waals surface area contributed by atoms with Crippen LogP contribution in [0, 0.1) is 0 Å². The average Bonchev–Trinajstić information content (AvgIpc) is 2.17. The molecule has 1 aromatic rings. The van der Waals surface area contributed by atoms with Gasteiger partial charge in [-0.1, -0.05) is 0 Å². The van der Waals surface area contributed by atoms with E-state index in [0.717, 1.165) is 10.6 Å². The summed E-state index contributed by atoms with van der Waals surface area (Å²) in [6, 6.07) is 7.57. The van der Waals surface area contributed by atoms with Crippen LogP contribution in [0.4, 0.5) is 0 Å². The molecule has 1 rings (SSSR count). The van der Waals surface area contributed by atoms with Crippen LogP contribution >= 0.6 is 11.8 Å². The molecule has 0 fully saturated rings. The highest BCUT2D eigenvalue weighted by Gasteiger charge is 2.02. The van der Waals surface area contributed by atoms with Crippen LogP contribution in [-0.2, 0) is 9.84 Å². The number of ether oxygens (including phenoxy) is 1. The fraction of sp³-hybridized carbons (Fsp3) is 0.400. The minimum Gasteiger partial charge on any atom is -0.497 e. The first kappa shape index (κ1) is 12.4. The summed E-state index contributed by atoms with van der Waals surface area (Å²) < 4.78 is 26.8. The molecule has 0 amide bonds. The van der Waals surface area contributed by atoms with Crippen molar-refractivity contribution in [2.24, 2.45) is 0 Å². The quantitative estimate of drug-likeness (QED) is 0.743. The molecule has 0 radical (unpaired) electrons. The van der Waals surface area contributed by atoms with E-state index in [1.807, 2.05) is 24.3 Å². The van der Waals surface area contributed by atoms with Crippen molar-refractivity contribution in [3.05, 3.63) is 24.3 Å². The molecule has 1 aromatic carbocycles. The van der Waals surface area contributed by atoms with Gasteiger partial charge in [0.2, 0.25) is 0 Å². The van der Waals surface area contributed by atoms with Gasteiger partial charge in [0.05, 0.1) is 12.9 Å². The first-order chi connectivity index (χ1) is 7.01. The molecule has 5 heteroatoms. The second-order valence-electron chi connectivity index (χ2n) is 3.15. The summed E-state index contributed by atoms with van der Waals surface area (Å²) in [6.07, 6.45) is 1.25. The number of rotatable bonds is 5. The number of hydrogen-bond donors (Lipinski definition) is 0. The smallest absolute Gasteiger partial charge is 0.148 e. The van der Waals surface area contributed by atoms with Gasteiger partial charge < -0.3 is 4.74 Å². The maximum absolute atomic E-state index is 10.9. The Labute approximate surface area is 94.8 Å². The summed E-state index contributed by atoms with van der Waals surface area (Å²) in [5.41, 5.74) is 0. The lowest BCUT2D eigenvalue weighted by Gasteiger charge is -2.02. The van der Waals surface area contributed by atoms with Gasteiger partial charge in [0.1, 0.15) is 15.6 Å². The molecule has 0 aliphatic heterocycles. The van der Waals surface area contributed by atoms with Gasteiger partial charge in [0.15, 0.2) is 0 Å².